The Hall–Kier alpha value is -3.01. The van der Waals surface area contributed by atoms with Crippen molar-refractivity contribution in [3.63, 3.8) is 0 Å². The summed E-state index contributed by atoms with van der Waals surface area (Å²) in [6, 6.07) is 5.05. The van der Waals surface area contributed by atoms with E-state index in [1.165, 1.54) is 56.4 Å². The Morgan fingerprint density at radius 1 is 0.886 bits per heavy atom. The van der Waals surface area contributed by atoms with Crippen LogP contribution in [0.3, 0.4) is 0 Å². The maximum absolute atomic E-state index is 12.1. The zero-order valence-electron chi connectivity index (χ0n) is 20.4. The number of carbonyl (C=O) groups is 3. The average Bonchev–Trinajstić information content (AvgIpc) is 2.80. The number of hydrogen-bond donors (Lipinski definition) is 0. The molecule has 0 spiro atoms. The minimum atomic E-state index is -1.34. The lowest BCUT2D eigenvalue weighted by atomic mass is 10.1. The molecule has 1 aromatic carbocycles. The highest BCUT2D eigenvalue weighted by Crippen LogP contribution is 2.18. The Kier molecular flexibility index (Phi) is 15.7. The molecule has 0 amide bonds. The molecule has 0 N–H and O–H groups in total. The van der Waals surface area contributed by atoms with Gasteiger partial charge in [0.2, 0.25) is 0 Å². The first-order valence-corrected chi connectivity index (χ1v) is 12.2. The van der Waals surface area contributed by atoms with E-state index < -0.39 is 35.4 Å². The molecule has 0 fully saturated rings. The van der Waals surface area contributed by atoms with Gasteiger partial charge in [0.15, 0.2) is 0 Å². The van der Waals surface area contributed by atoms with Crippen LogP contribution in [0.15, 0.2) is 24.3 Å². The topological polar surface area (TPSA) is 145 Å². The number of esters is 2. The number of nitrogens with zero attached hydrogens (tertiary/aromatic N) is 1. The lowest BCUT2D eigenvalue weighted by Gasteiger charge is -2.18. The Balaban J connectivity index is 2.23. The van der Waals surface area contributed by atoms with Crippen LogP contribution in [0.5, 0.6) is 5.75 Å². The van der Waals surface area contributed by atoms with E-state index in [9.17, 15) is 29.6 Å². The smallest absolute Gasteiger partial charge is 0.311 e. The summed E-state index contributed by atoms with van der Waals surface area (Å²) in [6.07, 6.45) is 7.78. The fraction of sp³-hybridized carbons (Fsp3) is 0.640. The van der Waals surface area contributed by atoms with Crippen molar-refractivity contribution in [2.45, 2.75) is 90.1 Å². The molecule has 35 heavy (non-hydrogen) atoms. The van der Waals surface area contributed by atoms with Crippen LogP contribution >= 0.6 is 0 Å². The number of rotatable bonds is 20. The quantitative estimate of drug-likeness (QED) is 0.0866. The number of nitro groups is 1. The van der Waals surface area contributed by atoms with Crippen molar-refractivity contribution in [1.82, 2.24) is 0 Å². The third kappa shape index (κ3) is 15.5. The zero-order chi connectivity index (χ0) is 25.9. The second-order valence-corrected chi connectivity index (χ2v) is 8.32. The van der Waals surface area contributed by atoms with Crippen molar-refractivity contribution in [3.05, 3.63) is 34.4 Å². The third-order valence-electron chi connectivity index (χ3n) is 5.18. The third-order valence-corrected chi connectivity index (χ3v) is 5.18. The zero-order valence-corrected chi connectivity index (χ0v) is 20.4. The van der Waals surface area contributed by atoms with Crippen LogP contribution in [0.1, 0.15) is 84.0 Å². The first kappa shape index (κ1) is 30.0. The number of unbranched alkanes of at least 4 members (excludes halogenated alkanes) is 7. The van der Waals surface area contributed by atoms with Gasteiger partial charge in [0.05, 0.1) is 11.5 Å². The molecule has 1 unspecified atom stereocenters. The molecule has 0 aliphatic carbocycles. The minimum Gasteiger partial charge on any atom is -0.550 e. The molecule has 1 aromatic rings. The van der Waals surface area contributed by atoms with Gasteiger partial charge in [0.1, 0.15) is 11.9 Å². The summed E-state index contributed by atoms with van der Waals surface area (Å²) >= 11 is 0. The van der Waals surface area contributed by atoms with E-state index in [-0.39, 0.29) is 37.3 Å². The van der Waals surface area contributed by atoms with Gasteiger partial charge in [-0.15, -0.1) is 0 Å². The maximum Gasteiger partial charge on any atom is 0.311 e. The fourth-order valence-electron chi connectivity index (χ4n) is 3.31. The standard InChI is InChI=1S/C25H37NO9/c1-2-3-4-5-6-7-8-9-17-33-19-22(18-23(27)28)35-25(30)12-10-11-24(29)34-21-15-13-20(14-16-21)26(31)32/h13-16,22H,2-12,17-19H2,1H3,(H,27,28)/p-1. The molecule has 0 saturated carbocycles. The Labute approximate surface area is 206 Å². The van der Waals surface area contributed by atoms with Gasteiger partial charge in [0, 0.05) is 44.0 Å². The lowest BCUT2D eigenvalue weighted by Crippen LogP contribution is -2.33. The largest absolute Gasteiger partial charge is 0.550 e. The molecule has 0 radical (unpaired) electrons. The molecule has 1 atom stereocenters. The van der Waals surface area contributed by atoms with Crippen LogP contribution in [0.25, 0.3) is 0 Å². The van der Waals surface area contributed by atoms with E-state index in [4.69, 9.17) is 14.2 Å². The van der Waals surface area contributed by atoms with Gasteiger partial charge in [-0.3, -0.25) is 19.7 Å². The van der Waals surface area contributed by atoms with Gasteiger partial charge in [-0.1, -0.05) is 51.9 Å². The average molecular weight is 495 g/mol. The first-order chi connectivity index (χ1) is 16.8. The van der Waals surface area contributed by atoms with Crippen molar-refractivity contribution in [3.8, 4) is 5.75 Å². The van der Waals surface area contributed by atoms with Crippen molar-refractivity contribution >= 4 is 23.6 Å². The van der Waals surface area contributed by atoms with Gasteiger partial charge >= 0.3 is 11.9 Å². The Morgan fingerprint density at radius 3 is 2.09 bits per heavy atom. The van der Waals surface area contributed by atoms with Gasteiger partial charge in [-0.2, -0.15) is 0 Å². The number of hydrogen-bond acceptors (Lipinski definition) is 9. The summed E-state index contributed by atoms with van der Waals surface area (Å²) in [4.78, 5) is 45.0. The van der Waals surface area contributed by atoms with E-state index in [0.29, 0.717) is 6.61 Å². The van der Waals surface area contributed by atoms with Gasteiger partial charge < -0.3 is 24.1 Å². The van der Waals surface area contributed by atoms with Crippen LogP contribution in [0.2, 0.25) is 0 Å². The van der Waals surface area contributed by atoms with Crippen molar-refractivity contribution in [2.75, 3.05) is 13.2 Å². The summed E-state index contributed by atoms with van der Waals surface area (Å²) in [5.74, 6) is -2.43. The van der Waals surface area contributed by atoms with E-state index in [1.54, 1.807) is 0 Å². The number of carbonyl (C=O) groups excluding carboxylic acids is 3. The molecular weight excluding hydrogens is 458 g/mol. The highest BCUT2D eigenvalue weighted by molar-refractivity contribution is 5.74. The Morgan fingerprint density at radius 2 is 1.49 bits per heavy atom. The lowest BCUT2D eigenvalue weighted by molar-refractivity contribution is -0.384. The number of nitro benzene ring substituents is 1. The van der Waals surface area contributed by atoms with E-state index in [1.807, 2.05) is 0 Å². The maximum atomic E-state index is 12.1. The Bertz CT molecular complexity index is 780. The van der Waals surface area contributed by atoms with E-state index in [0.717, 1.165) is 19.3 Å². The summed E-state index contributed by atoms with van der Waals surface area (Å²) in [7, 11) is 0. The number of benzene rings is 1. The number of carboxylic acid groups (broad SMARTS) is 1. The van der Waals surface area contributed by atoms with E-state index >= 15 is 0 Å². The summed E-state index contributed by atoms with van der Waals surface area (Å²) < 4.78 is 15.7. The predicted octanol–water partition coefficient (Wildman–Crippen LogP) is 3.88. The molecule has 1 rings (SSSR count). The molecule has 0 heterocycles. The molecule has 0 aliphatic heterocycles. The van der Waals surface area contributed by atoms with Crippen molar-refractivity contribution in [1.29, 1.82) is 0 Å². The van der Waals surface area contributed by atoms with Gasteiger partial charge in [-0.25, -0.2) is 0 Å². The molecular formula is C25H36NO9-. The summed E-state index contributed by atoms with van der Waals surface area (Å²) in [6.45, 7) is 2.62. The molecule has 0 aromatic heterocycles. The SMILES string of the molecule is CCCCCCCCCCOCC(CC(=O)[O-])OC(=O)CCCC(=O)Oc1ccc([N+](=O)[O-])cc1. The first-order valence-electron chi connectivity index (χ1n) is 12.2. The highest BCUT2D eigenvalue weighted by Gasteiger charge is 2.16. The second kappa shape index (κ2) is 18.3. The number of non-ortho nitro benzene ring substituents is 1. The van der Waals surface area contributed by atoms with Crippen LogP contribution in [-0.4, -0.2) is 42.1 Å². The molecule has 0 bridgehead atoms. The number of carboxylic acids is 1. The fourth-order valence-corrected chi connectivity index (χ4v) is 3.31. The summed E-state index contributed by atoms with van der Waals surface area (Å²) in [5, 5.41) is 21.6. The molecule has 0 saturated heterocycles. The molecule has 0 aliphatic rings. The van der Waals surface area contributed by atoms with Crippen LogP contribution in [-0.2, 0) is 23.9 Å². The van der Waals surface area contributed by atoms with Gasteiger partial charge in [0.25, 0.3) is 5.69 Å². The highest BCUT2D eigenvalue weighted by atomic mass is 16.6. The predicted molar refractivity (Wildman–Crippen MR) is 126 cm³/mol. The van der Waals surface area contributed by atoms with Gasteiger partial charge in [-0.05, 0) is 25.0 Å². The second-order valence-electron chi connectivity index (χ2n) is 8.32. The van der Waals surface area contributed by atoms with Crippen LogP contribution in [0.4, 0.5) is 5.69 Å². The van der Waals surface area contributed by atoms with Crippen molar-refractivity contribution < 1.29 is 38.6 Å². The molecule has 10 heteroatoms. The normalized spacial score (nSPS) is 11.6. The summed E-state index contributed by atoms with van der Waals surface area (Å²) in [5.41, 5.74) is -0.125. The number of ether oxygens (including phenoxy) is 3. The van der Waals surface area contributed by atoms with Crippen LogP contribution < -0.4 is 9.84 Å². The molecule has 10 nitrogen and oxygen atoms in total. The van der Waals surface area contributed by atoms with E-state index in [2.05, 4.69) is 6.92 Å². The van der Waals surface area contributed by atoms with Crippen LogP contribution in [0, 0.1) is 10.1 Å². The van der Waals surface area contributed by atoms with Crippen molar-refractivity contribution in [2.24, 2.45) is 0 Å². The minimum absolute atomic E-state index is 0.0294. The number of aliphatic carboxylic acids is 1. The monoisotopic (exact) mass is 494 g/mol. The molecule has 196 valence electrons.